The SMILES string of the molecule is CC(C)C1=C(C(=O)N2[C@H](C)CC[C@@H]2C(=O)N2C[C@@H](CF)[C@H](NC(=O)O)C2)SC2=N[C@@](C)(c3ccc(Cl)cc3)[C@@H](c3ccc(Cl)cc3)N21. The highest BCUT2D eigenvalue weighted by Gasteiger charge is 2.54. The maximum Gasteiger partial charge on any atom is 0.404 e. The zero-order chi connectivity index (χ0) is 33.8. The van der Waals surface area contributed by atoms with E-state index < -0.39 is 36.3 Å². The molecule has 4 aliphatic rings. The van der Waals surface area contributed by atoms with Crippen LogP contribution in [-0.2, 0) is 15.1 Å². The molecule has 0 radical (unpaired) electrons. The Labute approximate surface area is 288 Å². The lowest BCUT2D eigenvalue weighted by Crippen LogP contribution is -2.50. The number of allylic oxidation sites excluding steroid dienone is 1. The average Bonchev–Trinajstić information content (AvgIpc) is 3.77. The van der Waals surface area contributed by atoms with Crippen molar-refractivity contribution in [3.8, 4) is 0 Å². The van der Waals surface area contributed by atoms with Gasteiger partial charge in [0.25, 0.3) is 5.91 Å². The second-order valence-corrected chi connectivity index (χ2v) is 15.1. The van der Waals surface area contributed by atoms with Gasteiger partial charge >= 0.3 is 6.09 Å². The quantitative estimate of drug-likeness (QED) is 0.334. The fraction of sp³-hybridized carbons (Fsp3) is 0.471. The molecular formula is C34H38Cl2FN5O4S. The van der Waals surface area contributed by atoms with Crippen molar-refractivity contribution in [2.45, 2.75) is 70.2 Å². The van der Waals surface area contributed by atoms with Crippen LogP contribution in [0.3, 0.4) is 0 Å². The van der Waals surface area contributed by atoms with Gasteiger partial charge in [-0.05, 0) is 79.8 Å². The van der Waals surface area contributed by atoms with Crippen LogP contribution in [0.15, 0.2) is 64.1 Å². The minimum Gasteiger partial charge on any atom is -0.465 e. The summed E-state index contributed by atoms with van der Waals surface area (Å²) < 4.78 is 13.8. The number of carboxylic acid groups (broad SMARTS) is 1. The zero-order valence-corrected chi connectivity index (χ0v) is 28.9. The normalized spacial score (nSPS) is 28.7. The number of nitrogens with zero attached hydrogens (tertiary/aromatic N) is 4. The monoisotopic (exact) mass is 701 g/mol. The largest absolute Gasteiger partial charge is 0.465 e. The lowest BCUT2D eigenvalue weighted by atomic mass is 9.81. The fourth-order valence-electron chi connectivity index (χ4n) is 7.49. The van der Waals surface area contributed by atoms with Crippen molar-refractivity contribution in [2.75, 3.05) is 19.8 Å². The minimum absolute atomic E-state index is 0.0599. The molecule has 0 spiro atoms. The number of halogens is 3. The number of alkyl halides is 1. The van der Waals surface area contributed by atoms with Crippen LogP contribution in [0.5, 0.6) is 0 Å². The Kier molecular flexibility index (Phi) is 9.28. The summed E-state index contributed by atoms with van der Waals surface area (Å²) in [6, 6.07) is 13.5. The van der Waals surface area contributed by atoms with Crippen LogP contribution >= 0.6 is 35.0 Å². The number of likely N-dealkylation sites (tertiary alicyclic amines) is 2. The summed E-state index contributed by atoms with van der Waals surface area (Å²) in [5, 5.41) is 13.5. The number of carbonyl (C=O) groups excluding carboxylic acids is 2. The molecule has 0 aromatic heterocycles. The van der Waals surface area contributed by atoms with Crippen molar-refractivity contribution < 1.29 is 23.9 Å². The van der Waals surface area contributed by atoms with Crippen LogP contribution in [0.4, 0.5) is 9.18 Å². The first-order valence-electron chi connectivity index (χ1n) is 15.8. The van der Waals surface area contributed by atoms with Crippen molar-refractivity contribution in [3.63, 3.8) is 0 Å². The van der Waals surface area contributed by atoms with E-state index in [2.05, 4.69) is 31.0 Å². The van der Waals surface area contributed by atoms with Gasteiger partial charge in [-0.1, -0.05) is 61.3 Å². The van der Waals surface area contributed by atoms with Crippen LogP contribution in [0.2, 0.25) is 10.0 Å². The topological polar surface area (TPSA) is 106 Å². The molecule has 3 amide bonds. The van der Waals surface area contributed by atoms with Crippen molar-refractivity contribution >= 4 is 58.0 Å². The summed E-state index contributed by atoms with van der Waals surface area (Å²) in [6.07, 6.45) is -0.143. The molecule has 13 heteroatoms. The highest BCUT2D eigenvalue weighted by atomic mass is 35.5. The van der Waals surface area contributed by atoms with Gasteiger partial charge in [0.05, 0.1) is 18.8 Å². The number of benzene rings is 2. The van der Waals surface area contributed by atoms with Crippen LogP contribution in [-0.4, -0.2) is 80.8 Å². The Bertz CT molecular complexity index is 1640. The minimum atomic E-state index is -1.26. The van der Waals surface area contributed by atoms with E-state index >= 15 is 0 Å². The molecule has 2 N–H and O–H groups in total. The van der Waals surface area contributed by atoms with Crippen molar-refractivity contribution in [1.29, 1.82) is 0 Å². The fourth-order valence-corrected chi connectivity index (χ4v) is 9.09. The summed E-state index contributed by atoms with van der Waals surface area (Å²) in [6.45, 7) is 7.55. The highest BCUT2D eigenvalue weighted by molar-refractivity contribution is 8.18. The number of thioether (sulfide) groups is 1. The van der Waals surface area contributed by atoms with Gasteiger partial charge in [-0.25, -0.2) is 9.79 Å². The molecule has 0 aliphatic carbocycles. The number of amidine groups is 1. The van der Waals surface area contributed by atoms with Gasteiger partial charge in [-0.3, -0.25) is 14.0 Å². The number of fused-ring (bicyclic) bond motifs is 1. The smallest absolute Gasteiger partial charge is 0.404 e. The first-order chi connectivity index (χ1) is 22.3. The van der Waals surface area contributed by atoms with Crippen molar-refractivity contribution in [1.82, 2.24) is 20.0 Å². The molecule has 9 nitrogen and oxygen atoms in total. The lowest BCUT2D eigenvalue weighted by molar-refractivity contribution is -0.142. The number of hydrogen-bond acceptors (Lipinski definition) is 6. The molecule has 6 atom stereocenters. The molecule has 47 heavy (non-hydrogen) atoms. The Morgan fingerprint density at radius 3 is 2.30 bits per heavy atom. The zero-order valence-electron chi connectivity index (χ0n) is 26.6. The first-order valence-corrected chi connectivity index (χ1v) is 17.4. The number of amides is 3. The molecule has 0 unspecified atom stereocenters. The van der Waals surface area contributed by atoms with Crippen LogP contribution in [0, 0.1) is 11.8 Å². The maximum absolute atomic E-state index is 14.6. The van der Waals surface area contributed by atoms with Crippen LogP contribution in [0.1, 0.15) is 57.7 Å². The molecule has 4 aliphatic heterocycles. The molecule has 2 saturated heterocycles. The molecular weight excluding hydrogens is 664 g/mol. The summed E-state index contributed by atoms with van der Waals surface area (Å²) in [5.74, 6) is -1.21. The Morgan fingerprint density at radius 1 is 1.06 bits per heavy atom. The van der Waals surface area contributed by atoms with E-state index in [0.717, 1.165) is 16.8 Å². The van der Waals surface area contributed by atoms with E-state index in [1.165, 1.54) is 16.7 Å². The van der Waals surface area contributed by atoms with Gasteiger partial charge in [-0.15, -0.1) is 0 Å². The molecule has 250 valence electrons. The third-order valence-electron chi connectivity index (χ3n) is 9.81. The van der Waals surface area contributed by atoms with E-state index in [1.54, 1.807) is 4.90 Å². The summed E-state index contributed by atoms with van der Waals surface area (Å²) in [4.78, 5) is 51.0. The lowest BCUT2D eigenvalue weighted by Gasteiger charge is -2.37. The Hall–Kier alpha value is -3.28. The maximum atomic E-state index is 14.6. The third kappa shape index (κ3) is 5.99. The molecule has 0 bridgehead atoms. The summed E-state index contributed by atoms with van der Waals surface area (Å²) >= 11 is 13.9. The van der Waals surface area contributed by atoms with E-state index in [-0.39, 0.29) is 42.9 Å². The highest BCUT2D eigenvalue weighted by Crippen LogP contribution is 2.56. The summed E-state index contributed by atoms with van der Waals surface area (Å²) in [7, 11) is 0. The Morgan fingerprint density at radius 2 is 1.70 bits per heavy atom. The number of rotatable bonds is 7. The number of carbonyl (C=O) groups is 3. The molecule has 2 aromatic carbocycles. The second kappa shape index (κ2) is 13.0. The van der Waals surface area contributed by atoms with E-state index in [0.29, 0.717) is 33.0 Å². The van der Waals surface area contributed by atoms with E-state index in [9.17, 15) is 23.9 Å². The van der Waals surface area contributed by atoms with Gasteiger partial charge in [-0.2, -0.15) is 0 Å². The molecule has 2 fully saturated rings. The number of aliphatic imine (C=N–C) groups is 1. The van der Waals surface area contributed by atoms with Crippen LogP contribution in [0.25, 0.3) is 0 Å². The van der Waals surface area contributed by atoms with Gasteiger partial charge in [0.15, 0.2) is 5.17 Å². The van der Waals surface area contributed by atoms with E-state index in [1.807, 2.05) is 55.5 Å². The van der Waals surface area contributed by atoms with Crippen LogP contribution < -0.4 is 5.32 Å². The van der Waals surface area contributed by atoms with Crippen molar-refractivity contribution in [2.24, 2.45) is 16.8 Å². The van der Waals surface area contributed by atoms with Gasteiger partial charge in [0.2, 0.25) is 5.91 Å². The molecule has 6 rings (SSSR count). The molecule has 0 saturated carbocycles. The Balaban J connectivity index is 1.35. The van der Waals surface area contributed by atoms with Gasteiger partial charge < -0.3 is 25.1 Å². The number of hydrogen-bond donors (Lipinski definition) is 2. The average molecular weight is 703 g/mol. The predicted octanol–water partition coefficient (Wildman–Crippen LogP) is 6.68. The molecule has 4 heterocycles. The predicted molar refractivity (Wildman–Crippen MR) is 182 cm³/mol. The first kappa shape index (κ1) is 33.6. The van der Waals surface area contributed by atoms with Gasteiger partial charge in [0.1, 0.15) is 16.5 Å². The number of nitrogens with one attached hydrogen (secondary N) is 1. The summed E-state index contributed by atoms with van der Waals surface area (Å²) in [5.41, 5.74) is 2.10. The molecule has 2 aromatic rings. The van der Waals surface area contributed by atoms with Crippen molar-refractivity contribution in [3.05, 3.63) is 80.3 Å². The standard InChI is InChI=1S/C34H38Cl2FN5O4S/c1-18(2)27-28(31(44)41-19(3)5-14-26(41)30(43)40-16-21(15-37)25(17-40)38-33(45)46)47-32-39-34(4,22-8-12-24(36)13-9-22)29(42(27)32)20-6-10-23(35)11-7-20/h6-13,18-19,21,25-26,29,38H,5,14-17H2,1-4H3,(H,45,46)/t19-,21-,25-,26-,29-,34+/m1/s1. The van der Waals surface area contributed by atoms with Gasteiger partial charge in [0, 0.05) is 40.8 Å². The third-order valence-corrected chi connectivity index (χ3v) is 11.4. The second-order valence-electron chi connectivity index (χ2n) is 13.2. The van der Waals surface area contributed by atoms with E-state index in [4.69, 9.17) is 28.2 Å².